The lowest BCUT2D eigenvalue weighted by molar-refractivity contribution is -0.274. The first-order chi connectivity index (χ1) is 8.85. The highest BCUT2D eigenvalue weighted by Gasteiger charge is 2.30. The van der Waals surface area contributed by atoms with Crippen molar-refractivity contribution in [1.29, 1.82) is 0 Å². The molecule has 0 fully saturated rings. The lowest BCUT2D eigenvalue weighted by Gasteiger charge is -2.09. The Morgan fingerprint density at radius 3 is 2.37 bits per heavy atom. The van der Waals surface area contributed by atoms with Crippen LogP contribution in [-0.2, 0) is 0 Å². The molecule has 0 atom stereocenters. The van der Waals surface area contributed by atoms with Gasteiger partial charge in [-0.15, -0.1) is 13.2 Å². The molecule has 19 heavy (non-hydrogen) atoms. The van der Waals surface area contributed by atoms with E-state index >= 15 is 0 Å². The summed E-state index contributed by atoms with van der Waals surface area (Å²) in [5, 5.41) is 12.5. The summed E-state index contributed by atoms with van der Waals surface area (Å²) in [5.74, 6) is -1.50. The van der Waals surface area contributed by atoms with E-state index < -0.39 is 12.3 Å². The van der Waals surface area contributed by atoms with Gasteiger partial charge in [-0.1, -0.05) is 0 Å². The van der Waals surface area contributed by atoms with Crippen molar-refractivity contribution < 1.29 is 27.8 Å². The average molecular weight is 272 g/mol. The van der Waals surface area contributed by atoms with Gasteiger partial charge in [0.05, 0.1) is 17.4 Å². The molecule has 1 aromatic carbocycles. The fourth-order valence-corrected chi connectivity index (χ4v) is 1.37. The number of aromatic nitrogens is 2. The second-order valence-corrected chi connectivity index (χ2v) is 3.52. The number of hydrogen-bond donors (Lipinski definition) is 1. The molecule has 0 aliphatic carbocycles. The fourth-order valence-electron chi connectivity index (χ4n) is 1.37. The van der Waals surface area contributed by atoms with Gasteiger partial charge in [0.15, 0.2) is 0 Å². The normalized spacial score (nSPS) is 11.3. The highest BCUT2D eigenvalue weighted by Crippen LogP contribution is 2.23. The lowest BCUT2D eigenvalue weighted by atomic mass is 10.3. The maximum Gasteiger partial charge on any atom is 0.573 e. The van der Waals surface area contributed by atoms with Gasteiger partial charge in [0.1, 0.15) is 5.75 Å². The Morgan fingerprint density at radius 1 is 1.26 bits per heavy atom. The minimum Gasteiger partial charge on any atom is -0.478 e. The van der Waals surface area contributed by atoms with Crippen LogP contribution in [0.2, 0.25) is 0 Å². The van der Waals surface area contributed by atoms with Crippen molar-refractivity contribution in [3.8, 4) is 11.4 Å². The summed E-state index contributed by atoms with van der Waals surface area (Å²) in [6.45, 7) is 0. The van der Waals surface area contributed by atoms with Crippen molar-refractivity contribution in [2.75, 3.05) is 0 Å². The number of hydrogen-bond acceptors (Lipinski definition) is 3. The summed E-state index contributed by atoms with van der Waals surface area (Å²) < 4.78 is 40.8. The molecule has 0 saturated heterocycles. The largest absolute Gasteiger partial charge is 0.573 e. The third-order valence-corrected chi connectivity index (χ3v) is 2.16. The van der Waals surface area contributed by atoms with Crippen LogP contribution in [0.25, 0.3) is 5.69 Å². The fraction of sp³-hybridized carbons (Fsp3) is 0.0909. The number of alkyl halides is 3. The van der Waals surface area contributed by atoms with Gasteiger partial charge in [0.2, 0.25) is 0 Å². The summed E-state index contributed by atoms with van der Waals surface area (Å²) in [4.78, 5) is 10.7. The van der Waals surface area contributed by atoms with Crippen LogP contribution in [0.3, 0.4) is 0 Å². The van der Waals surface area contributed by atoms with E-state index in [1.165, 1.54) is 23.0 Å². The summed E-state index contributed by atoms with van der Waals surface area (Å²) in [5.41, 5.74) is 0.401. The third-order valence-electron chi connectivity index (χ3n) is 2.16. The Morgan fingerprint density at radius 2 is 1.89 bits per heavy atom. The van der Waals surface area contributed by atoms with E-state index in [1.807, 2.05) is 0 Å². The maximum absolute atomic E-state index is 12.0. The molecule has 1 N–H and O–H groups in total. The van der Waals surface area contributed by atoms with Gasteiger partial charge < -0.3 is 9.84 Å². The number of carbonyl (C=O) groups is 1. The SMILES string of the molecule is O=C(O)c1cnn(-c2ccc(OC(F)(F)F)cc2)c1. The van der Waals surface area contributed by atoms with Crippen LogP contribution in [-0.4, -0.2) is 27.2 Å². The molecule has 100 valence electrons. The first kappa shape index (κ1) is 12.9. The summed E-state index contributed by atoms with van der Waals surface area (Å²) in [6.07, 6.45) is -2.35. The van der Waals surface area contributed by atoms with Crippen molar-refractivity contribution in [3.63, 3.8) is 0 Å². The zero-order chi connectivity index (χ0) is 14.0. The van der Waals surface area contributed by atoms with Crippen molar-refractivity contribution >= 4 is 5.97 Å². The summed E-state index contributed by atoms with van der Waals surface area (Å²) >= 11 is 0. The molecule has 0 unspecified atom stereocenters. The first-order valence-electron chi connectivity index (χ1n) is 4.99. The smallest absolute Gasteiger partial charge is 0.478 e. The predicted molar refractivity (Wildman–Crippen MR) is 57.2 cm³/mol. The predicted octanol–water partition coefficient (Wildman–Crippen LogP) is 2.47. The molecule has 0 aliphatic heterocycles. The second-order valence-electron chi connectivity index (χ2n) is 3.52. The Labute approximate surface area is 104 Å². The van der Waals surface area contributed by atoms with Crippen LogP contribution in [0.15, 0.2) is 36.7 Å². The molecule has 0 spiro atoms. The Kier molecular flexibility index (Phi) is 3.16. The highest BCUT2D eigenvalue weighted by molar-refractivity contribution is 5.86. The minimum atomic E-state index is -4.75. The molecule has 1 heterocycles. The van der Waals surface area contributed by atoms with Gasteiger partial charge in [0, 0.05) is 6.20 Å². The Balaban J connectivity index is 2.20. The molecular weight excluding hydrogens is 265 g/mol. The van der Waals surface area contributed by atoms with Crippen molar-refractivity contribution in [1.82, 2.24) is 9.78 Å². The van der Waals surface area contributed by atoms with Crippen LogP contribution in [0.1, 0.15) is 10.4 Å². The first-order valence-corrected chi connectivity index (χ1v) is 4.99. The van der Waals surface area contributed by atoms with Gasteiger partial charge in [-0.25, -0.2) is 9.48 Å². The van der Waals surface area contributed by atoms with Crippen LogP contribution in [0, 0.1) is 0 Å². The number of nitrogens with zero attached hydrogens (tertiary/aromatic N) is 2. The van der Waals surface area contributed by atoms with Crippen molar-refractivity contribution in [2.24, 2.45) is 0 Å². The monoisotopic (exact) mass is 272 g/mol. The minimum absolute atomic E-state index is 0.0179. The average Bonchev–Trinajstić information content (AvgIpc) is 2.77. The molecule has 2 aromatic rings. The van der Waals surface area contributed by atoms with Gasteiger partial charge in [-0.3, -0.25) is 0 Å². The lowest BCUT2D eigenvalue weighted by Crippen LogP contribution is -2.17. The maximum atomic E-state index is 12.0. The topological polar surface area (TPSA) is 64.3 Å². The highest BCUT2D eigenvalue weighted by atomic mass is 19.4. The molecule has 0 amide bonds. The molecule has 0 aliphatic rings. The van der Waals surface area contributed by atoms with Gasteiger partial charge in [-0.05, 0) is 24.3 Å². The van der Waals surface area contributed by atoms with E-state index in [9.17, 15) is 18.0 Å². The van der Waals surface area contributed by atoms with E-state index in [0.717, 1.165) is 18.3 Å². The molecule has 0 bridgehead atoms. The number of rotatable bonds is 3. The second kappa shape index (κ2) is 4.63. The third kappa shape index (κ3) is 3.24. The van der Waals surface area contributed by atoms with Gasteiger partial charge in [-0.2, -0.15) is 5.10 Å². The molecule has 8 heteroatoms. The van der Waals surface area contributed by atoms with Crippen LogP contribution >= 0.6 is 0 Å². The molecule has 1 aromatic heterocycles. The van der Waals surface area contributed by atoms with E-state index in [2.05, 4.69) is 9.84 Å². The van der Waals surface area contributed by atoms with Gasteiger partial charge >= 0.3 is 12.3 Å². The zero-order valence-electron chi connectivity index (χ0n) is 9.26. The number of carboxylic acid groups (broad SMARTS) is 1. The number of benzene rings is 1. The molecule has 5 nitrogen and oxygen atoms in total. The van der Waals surface area contributed by atoms with Crippen LogP contribution in [0.5, 0.6) is 5.75 Å². The van der Waals surface area contributed by atoms with E-state index in [-0.39, 0.29) is 11.3 Å². The Bertz CT molecular complexity index is 590. The molecule has 0 saturated carbocycles. The van der Waals surface area contributed by atoms with E-state index in [0.29, 0.717) is 5.69 Å². The quantitative estimate of drug-likeness (QED) is 0.932. The van der Waals surface area contributed by atoms with Gasteiger partial charge in [0.25, 0.3) is 0 Å². The van der Waals surface area contributed by atoms with Crippen LogP contribution < -0.4 is 4.74 Å². The molecule has 0 radical (unpaired) electrons. The molecular formula is C11H7F3N2O3. The van der Waals surface area contributed by atoms with Crippen LogP contribution in [0.4, 0.5) is 13.2 Å². The molecule has 2 rings (SSSR count). The number of halogens is 3. The standard InChI is InChI=1S/C11H7F3N2O3/c12-11(13,14)19-9-3-1-8(2-4-9)16-6-7(5-15-16)10(17)18/h1-6H,(H,17,18). The number of ether oxygens (including phenoxy) is 1. The number of carboxylic acids is 1. The van der Waals surface area contributed by atoms with Crippen molar-refractivity contribution in [2.45, 2.75) is 6.36 Å². The van der Waals surface area contributed by atoms with E-state index in [1.54, 1.807) is 0 Å². The van der Waals surface area contributed by atoms with E-state index in [4.69, 9.17) is 5.11 Å². The summed E-state index contributed by atoms with van der Waals surface area (Å²) in [7, 11) is 0. The summed E-state index contributed by atoms with van der Waals surface area (Å²) in [6, 6.07) is 4.90. The zero-order valence-corrected chi connectivity index (χ0v) is 9.26. The number of aromatic carboxylic acids is 1. The van der Waals surface area contributed by atoms with Crippen molar-refractivity contribution in [3.05, 3.63) is 42.2 Å². The Hall–Kier alpha value is -2.51.